The Kier molecular flexibility index (Phi) is 3.42. The van der Waals surface area contributed by atoms with Gasteiger partial charge in [0.2, 0.25) is 5.82 Å². The Labute approximate surface area is 109 Å². The van der Waals surface area contributed by atoms with Gasteiger partial charge in [-0.15, -0.1) is 0 Å². The van der Waals surface area contributed by atoms with Crippen LogP contribution in [-0.2, 0) is 15.3 Å². The molecule has 0 bridgehead atoms. The molecule has 0 radical (unpaired) electrons. The third-order valence-corrected chi connectivity index (χ3v) is 2.92. The van der Waals surface area contributed by atoms with Gasteiger partial charge in [0.25, 0.3) is 11.7 Å². The molecule has 0 spiro atoms. The first-order valence-electron chi connectivity index (χ1n) is 5.35. The molecule has 1 atom stereocenters. The van der Waals surface area contributed by atoms with E-state index < -0.39 is 46.3 Å². The fourth-order valence-corrected chi connectivity index (χ4v) is 1.83. The Morgan fingerprint density at radius 2 is 1.50 bits per heavy atom. The van der Waals surface area contributed by atoms with Gasteiger partial charge >= 0.3 is 0 Å². The van der Waals surface area contributed by atoms with Gasteiger partial charge in [0.1, 0.15) is 0 Å². The van der Waals surface area contributed by atoms with E-state index in [1.54, 1.807) is 0 Å². The second kappa shape index (κ2) is 4.67. The fourth-order valence-electron chi connectivity index (χ4n) is 1.83. The summed E-state index contributed by atoms with van der Waals surface area (Å²) in [6, 6.07) is 0. The number of rotatable bonds is 1. The molecular weight excluding hydrogens is 289 g/mol. The topological polar surface area (TPSA) is 49.8 Å². The highest BCUT2D eigenvalue weighted by atomic mass is 19.2. The maximum Gasteiger partial charge on any atom is 0.287 e. The van der Waals surface area contributed by atoms with Gasteiger partial charge in [-0.3, -0.25) is 4.79 Å². The van der Waals surface area contributed by atoms with Crippen molar-refractivity contribution < 1.29 is 36.6 Å². The first-order chi connectivity index (χ1) is 9.21. The second-order valence-electron chi connectivity index (χ2n) is 4.16. The highest BCUT2D eigenvalue weighted by Crippen LogP contribution is 2.35. The number of carbonyl (C=O) groups is 1. The molecule has 0 aliphatic carbocycles. The number of amides is 1. The van der Waals surface area contributed by atoms with Gasteiger partial charge in [-0.05, 0) is 0 Å². The van der Waals surface area contributed by atoms with Crippen LogP contribution >= 0.6 is 0 Å². The Balaban J connectivity index is 2.72. The molecule has 2 rings (SSSR count). The molecule has 1 amide bonds. The van der Waals surface area contributed by atoms with Gasteiger partial charge in [-0.2, -0.15) is 0 Å². The largest absolute Gasteiger partial charge is 0.354 e. The smallest absolute Gasteiger partial charge is 0.287 e. The van der Waals surface area contributed by atoms with E-state index in [0.717, 1.165) is 4.90 Å². The van der Waals surface area contributed by atoms with Gasteiger partial charge in [0, 0.05) is 13.6 Å². The summed E-state index contributed by atoms with van der Waals surface area (Å²) >= 11 is 0. The summed E-state index contributed by atoms with van der Waals surface area (Å²) < 4.78 is 70.9. The zero-order chi connectivity index (χ0) is 15.2. The standard InChI is InChI=1S/C11H8F5NO3/c1-17-2-3-20-11(19,10(17)18)4-5(12)7(14)9(16)8(15)6(4)13/h19H,2-3H2,1H3. The Bertz CT molecular complexity index is 565. The molecule has 1 aliphatic rings. The van der Waals surface area contributed by atoms with E-state index in [1.807, 2.05) is 0 Å². The van der Waals surface area contributed by atoms with E-state index in [4.69, 9.17) is 0 Å². The molecule has 1 aromatic rings. The van der Waals surface area contributed by atoms with Crippen molar-refractivity contribution in [2.24, 2.45) is 0 Å². The van der Waals surface area contributed by atoms with Crippen LogP contribution in [0.2, 0.25) is 0 Å². The maximum atomic E-state index is 13.6. The van der Waals surface area contributed by atoms with Crippen molar-refractivity contribution in [3.05, 3.63) is 34.6 Å². The van der Waals surface area contributed by atoms with E-state index in [-0.39, 0.29) is 13.2 Å². The average molecular weight is 297 g/mol. The van der Waals surface area contributed by atoms with Crippen LogP contribution in [0.5, 0.6) is 0 Å². The van der Waals surface area contributed by atoms with Gasteiger partial charge in [0.05, 0.1) is 12.2 Å². The van der Waals surface area contributed by atoms with Crippen molar-refractivity contribution in [1.29, 1.82) is 0 Å². The summed E-state index contributed by atoms with van der Waals surface area (Å²) in [6.07, 6.45) is 0. The van der Waals surface area contributed by atoms with E-state index in [9.17, 15) is 31.9 Å². The summed E-state index contributed by atoms with van der Waals surface area (Å²) in [6.45, 7) is -0.339. The van der Waals surface area contributed by atoms with Crippen LogP contribution in [-0.4, -0.2) is 36.1 Å². The molecule has 1 fully saturated rings. The third-order valence-electron chi connectivity index (χ3n) is 2.92. The van der Waals surface area contributed by atoms with Crippen LogP contribution in [0.25, 0.3) is 0 Å². The molecule has 1 saturated heterocycles. The van der Waals surface area contributed by atoms with Gasteiger partial charge in [-0.1, -0.05) is 0 Å². The fraction of sp³-hybridized carbons (Fsp3) is 0.364. The summed E-state index contributed by atoms with van der Waals surface area (Å²) in [4.78, 5) is 12.6. The summed E-state index contributed by atoms with van der Waals surface area (Å²) in [7, 11) is 1.18. The van der Waals surface area contributed by atoms with E-state index in [1.165, 1.54) is 7.05 Å². The first kappa shape index (κ1) is 14.7. The number of ether oxygens (including phenoxy) is 1. The molecule has 0 aromatic heterocycles. The van der Waals surface area contributed by atoms with Crippen molar-refractivity contribution in [3.8, 4) is 0 Å². The molecule has 110 valence electrons. The Hall–Kier alpha value is -1.74. The highest BCUT2D eigenvalue weighted by molar-refractivity contribution is 5.85. The first-order valence-corrected chi connectivity index (χ1v) is 5.35. The van der Waals surface area contributed by atoms with Crippen LogP contribution in [0, 0.1) is 29.1 Å². The summed E-state index contributed by atoms with van der Waals surface area (Å²) in [5, 5.41) is 9.93. The van der Waals surface area contributed by atoms with Crippen LogP contribution in [0.4, 0.5) is 22.0 Å². The lowest BCUT2D eigenvalue weighted by atomic mass is 10.0. The molecule has 1 unspecified atom stereocenters. The van der Waals surface area contributed by atoms with Crippen molar-refractivity contribution in [3.63, 3.8) is 0 Å². The molecule has 1 aromatic carbocycles. The van der Waals surface area contributed by atoms with Gasteiger partial charge in [0.15, 0.2) is 23.3 Å². The number of morpholine rings is 1. The van der Waals surface area contributed by atoms with E-state index >= 15 is 0 Å². The summed E-state index contributed by atoms with van der Waals surface area (Å²) in [5.74, 6) is -16.1. The molecule has 1 N–H and O–H groups in total. The zero-order valence-corrected chi connectivity index (χ0v) is 10.0. The molecule has 0 saturated carbocycles. The lowest BCUT2D eigenvalue weighted by Gasteiger charge is -2.36. The zero-order valence-electron chi connectivity index (χ0n) is 10.0. The average Bonchev–Trinajstić information content (AvgIpc) is 2.40. The maximum absolute atomic E-state index is 13.6. The Morgan fingerprint density at radius 1 is 1.05 bits per heavy atom. The number of likely N-dealkylation sites (N-methyl/N-ethyl adjacent to an activating group) is 1. The predicted molar refractivity (Wildman–Crippen MR) is 53.7 cm³/mol. The minimum atomic E-state index is -3.25. The number of aliphatic hydroxyl groups is 1. The lowest BCUT2D eigenvalue weighted by molar-refractivity contribution is -0.239. The lowest BCUT2D eigenvalue weighted by Crippen LogP contribution is -2.54. The number of carbonyl (C=O) groups excluding carboxylic acids is 1. The number of benzene rings is 1. The third kappa shape index (κ3) is 1.85. The molecular formula is C11H8F5NO3. The highest BCUT2D eigenvalue weighted by Gasteiger charge is 2.50. The van der Waals surface area contributed by atoms with E-state index in [0.29, 0.717) is 0 Å². The van der Waals surface area contributed by atoms with Crippen molar-refractivity contribution >= 4 is 5.91 Å². The van der Waals surface area contributed by atoms with Crippen molar-refractivity contribution in [1.82, 2.24) is 4.90 Å². The van der Waals surface area contributed by atoms with Crippen LogP contribution < -0.4 is 0 Å². The molecule has 4 nitrogen and oxygen atoms in total. The van der Waals surface area contributed by atoms with Crippen molar-refractivity contribution in [2.45, 2.75) is 5.79 Å². The number of halogens is 5. The monoisotopic (exact) mass is 297 g/mol. The van der Waals surface area contributed by atoms with Crippen molar-refractivity contribution in [2.75, 3.05) is 20.2 Å². The normalized spacial score (nSPS) is 23.4. The summed E-state index contributed by atoms with van der Waals surface area (Å²) in [5.41, 5.74) is -1.72. The molecule has 1 heterocycles. The quantitative estimate of drug-likeness (QED) is 0.478. The van der Waals surface area contributed by atoms with E-state index in [2.05, 4.69) is 4.74 Å². The number of hydrogen-bond acceptors (Lipinski definition) is 3. The molecule has 20 heavy (non-hydrogen) atoms. The molecule has 1 aliphatic heterocycles. The van der Waals surface area contributed by atoms with Gasteiger partial charge in [-0.25, -0.2) is 22.0 Å². The minimum Gasteiger partial charge on any atom is -0.354 e. The minimum absolute atomic E-state index is 0.00343. The predicted octanol–water partition coefficient (Wildman–Crippen LogP) is 1.02. The van der Waals surface area contributed by atoms with Crippen LogP contribution in [0.15, 0.2) is 0 Å². The van der Waals surface area contributed by atoms with Crippen LogP contribution in [0.1, 0.15) is 5.56 Å². The number of nitrogens with zero attached hydrogens (tertiary/aromatic N) is 1. The van der Waals surface area contributed by atoms with Crippen LogP contribution in [0.3, 0.4) is 0 Å². The molecule has 9 heteroatoms. The second-order valence-corrected chi connectivity index (χ2v) is 4.16. The number of hydrogen-bond donors (Lipinski definition) is 1. The SMILES string of the molecule is CN1CCOC(O)(c2c(F)c(F)c(F)c(F)c2F)C1=O. The Morgan fingerprint density at radius 3 is 2.00 bits per heavy atom. The van der Waals surface area contributed by atoms with Gasteiger partial charge < -0.3 is 14.7 Å².